The summed E-state index contributed by atoms with van der Waals surface area (Å²) in [6, 6.07) is 6.12. The number of thiazole rings is 1. The van der Waals surface area contributed by atoms with E-state index >= 15 is 0 Å². The minimum absolute atomic E-state index is 0.0561. The molecule has 4 rings (SSSR count). The highest BCUT2D eigenvalue weighted by Gasteiger charge is 2.49. The Labute approximate surface area is 239 Å². The maximum atomic E-state index is 13.9. The molecule has 0 bridgehead atoms. The predicted octanol–water partition coefficient (Wildman–Crippen LogP) is 3.76. The maximum Gasteiger partial charge on any atom is 0.408 e. The Balaban J connectivity index is 1.55. The third kappa shape index (κ3) is 6.05. The summed E-state index contributed by atoms with van der Waals surface area (Å²) >= 11 is 1.56. The lowest BCUT2D eigenvalue weighted by Crippen LogP contribution is -2.58. The van der Waals surface area contributed by atoms with Crippen molar-refractivity contribution in [3.63, 3.8) is 0 Å². The molecule has 0 spiro atoms. The van der Waals surface area contributed by atoms with Gasteiger partial charge in [0.05, 0.1) is 28.2 Å². The number of likely N-dealkylation sites (tertiary alicyclic amines) is 1. The molecule has 2 aliphatic rings. The number of alkyl carbamates (subject to hydrolysis) is 1. The number of aliphatic hydroxyl groups is 1. The highest BCUT2D eigenvalue weighted by molar-refractivity contribution is 7.13. The van der Waals surface area contributed by atoms with Crippen molar-refractivity contribution in [1.82, 2.24) is 20.5 Å². The standard InChI is InChI=1S/C29H39N5O5S/c1-16-21(40-15-30-16)17-9-11-18(12-10-17)29(8)25(37)32-23(33-29)20-13-19(35)14-34(20)24(36)22(27(2,3)4)31-26(38)39-28(5,6)7/h9-12,15,19-20,22,35H,13-14H2,1-8H3,(H,31,38)(H,32,33,37)/t19-,20?,22-,29+/m1/s1. The highest BCUT2D eigenvalue weighted by atomic mass is 32.1. The molecular formula is C29H39N5O5S. The Hall–Kier alpha value is -3.31. The SMILES string of the molecule is Cc1ncsc1-c1ccc([C@]2(C)NC(C3C[C@@H](O)CN3C(=O)[C@@H](NC(=O)OC(C)(C)C)C(C)(C)C)=NC2=O)cc1. The molecule has 4 atom stereocenters. The van der Waals surface area contributed by atoms with Gasteiger partial charge in [-0.2, -0.15) is 4.99 Å². The van der Waals surface area contributed by atoms with Gasteiger partial charge < -0.3 is 25.4 Å². The number of rotatable bonds is 5. The number of hydrogen-bond acceptors (Lipinski definition) is 8. The Morgan fingerprint density at radius 3 is 2.40 bits per heavy atom. The van der Waals surface area contributed by atoms with Crippen LogP contribution >= 0.6 is 11.3 Å². The molecule has 0 radical (unpaired) electrons. The van der Waals surface area contributed by atoms with Crippen LogP contribution in [-0.2, 0) is 19.9 Å². The fraction of sp³-hybridized carbons (Fsp3) is 0.552. The topological polar surface area (TPSA) is 133 Å². The van der Waals surface area contributed by atoms with E-state index < -0.39 is 40.8 Å². The number of hydrogen-bond donors (Lipinski definition) is 3. The summed E-state index contributed by atoms with van der Waals surface area (Å²) in [6.45, 7) is 14.6. The number of benzene rings is 1. The van der Waals surface area contributed by atoms with Crippen LogP contribution in [0.1, 0.15) is 66.1 Å². The summed E-state index contributed by atoms with van der Waals surface area (Å²) in [5.74, 6) is -0.434. The van der Waals surface area contributed by atoms with Gasteiger partial charge in [-0.3, -0.25) is 9.59 Å². The second-order valence-electron chi connectivity index (χ2n) is 12.7. The van der Waals surface area contributed by atoms with Crippen molar-refractivity contribution in [2.45, 2.75) is 91.1 Å². The van der Waals surface area contributed by atoms with Gasteiger partial charge in [-0.15, -0.1) is 11.3 Å². The lowest BCUT2D eigenvalue weighted by Gasteiger charge is -2.36. The van der Waals surface area contributed by atoms with Crippen molar-refractivity contribution in [3.05, 3.63) is 41.0 Å². The molecule has 3 N–H and O–H groups in total. The van der Waals surface area contributed by atoms with Crippen LogP contribution in [0.5, 0.6) is 0 Å². The molecule has 0 aliphatic carbocycles. The Kier molecular flexibility index (Phi) is 7.85. The Morgan fingerprint density at radius 1 is 1.20 bits per heavy atom. The number of carbonyl (C=O) groups excluding carboxylic acids is 3. The van der Waals surface area contributed by atoms with Crippen LogP contribution in [-0.4, -0.2) is 69.1 Å². The first-order chi connectivity index (χ1) is 18.5. The second kappa shape index (κ2) is 10.6. The van der Waals surface area contributed by atoms with Crippen LogP contribution in [0, 0.1) is 12.3 Å². The minimum atomic E-state index is -1.13. The normalized spacial score (nSPS) is 24.0. The summed E-state index contributed by atoms with van der Waals surface area (Å²) in [4.78, 5) is 50.9. The number of aliphatic imine (C=N–C) groups is 1. The highest BCUT2D eigenvalue weighted by Crippen LogP contribution is 2.34. The average Bonchev–Trinajstić information content (AvgIpc) is 3.53. The number of nitrogens with zero attached hydrogens (tertiary/aromatic N) is 3. The molecule has 1 aromatic carbocycles. The molecular weight excluding hydrogens is 530 g/mol. The van der Waals surface area contributed by atoms with Crippen LogP contribution in [0.3, 0.4) is 0 Å². The van der Waals surface area contributed by atoms with E-state index in [0.717, 1.165) is 21.7 Å². The number of aliphatic hydroxyl groups excluding tert-OH is 1. The number of amides is 3. The molecule has 40 heavy (non-hydrogen) atoms. The number of carbonyl (C=O) groups is 3. The number of amidine groups is 1. The first-order valence-corrected chi connectivity index (χ1v) is 14.3. The molecule has 11 heteroatoms. The van der Waals surface area contributed by atoms with Crippen molar-refractivity contribution >= 4 is 35.1 Å². The third-order valence-electron chi connectivity index (χ3n) is 7.15. The van der Waals surface area contributed by atoms with Gasteiger partial charge in [0.15, 0.2) is 0 Å². The molecule has 1 fully saturated rings. The lowest BCUT2D eigenvalue weighted by atomic mass is 9.85. The summed E-state index contributed by atoms with van der Waals surface area (Å²) in [5.41, 5.74) is 1.99. The average molecular weight is 570 g/mol. The van der Waals surface area contributed by atoms with E-state index in [0.29, 0.717) is 5.84 Å². The van der Waals surface area contributed by atoms with Crippen molar-refractivity contribution in [1.29, 1.82) is 0 Å². The van der Waals surface area contributed by atoms with Crippen molar-refractivity contribution in [2.75, 3.05) is 6.54 Å². The smallest absolute Gasteiger partial charge is 0.408 e. The van der Waals surface area contributed by atoms with Crippen LogP contribution in [0.15, 0.2) is 34.8 Å². The van der Waals surface area contributed by atoms with E-state index in [1.165, 1.54) is 4.90 Å². The van der Waals surface area contributed by atoms with Crippen molar-refractivity contribution < 1.29 is 24.2 Å². The molecule has 1 unspecified atom stereocenters. The van der Waals surface area contributed by atoms with Crippen LogP contribution in [0.4, 0.5) is 4.79 Å². The van der Waals surface area contributed by atoms with Crippen LogP contribution in [0.25, 0.3) is 10.4 Å². The van der Waals surface area contributed by atoms with Gasteiger partial charge >= 0.3 is 6.09 Å². The van der Waals surface area contributed by atoms with Crippen molar-refractivity contribution in [2.24, 2.45) is 10.4 Å². The fourth-order valence-electron chi connectivity index (χ4n) is 5.00. The molecule has 216 valence electrons. The van der Waals surface area contributed by atoms with E-state index in [1.807, 2.05) is 52.0 Å². The number of ether oxygens (including phenoxy) is 1. The van der Waals surface area contributed by atoms with E-state index in [2.05, 4.69) is 20.6 Å². The molecule has 3 amide bonds. The van der Waals surface area contributed by atoms with E-state index in [4.69, 9.17) is 4.74 Å². The van der Waals surface area contributed by atoms with Gasteiger partial charge in [0, 0.05) is 13.0 Å². The van der Waals surface area contributed by atoms with E-state index in [9.17, 15) is 19.5 Å². The molecule has 0 saturated carbocycles. The van der Waals surface area contributed by atoms with Gasteiger partial charge in [-0.1, -0.05) is 45.0 Å². The largest absolute Gasteiger partial charge is 0.444 e. The number of aryl methyl sites for hydroxylation is 1. The first kappa shape index (κ1) is 29.7. The van der Waals surface area contributed by atoms with Crippen molar-refractivity contribution in [3.8, 4) is 10.4 Å². The second-order valence-corrected chi connectivity index (χ2v) is 13.6. The molecule has 10 nitrogen and oxygen atoms in total. The Bertz CT molecular complexity index is 1320. The van der Waals surface area contributed by atoms with Gasteiger partial charge in [-0.25, -0.2) is 9.78 Å². The van der Waals surface area contributed by atoms with Gasteiger partial charge in [0.2, 0.25) is 5.91 Å². The zero-order valence-electron chi connectivity index (χ0n) is 24.4. The van der Waals surface area contributed by atoms with Crippen LogP contribution in [0.2, 0.25) is 0 Å². The monoisotopic (exact) mass is 569 g/mol. The summed E-state index contributed by atoms with van der Waals surface area (Å²) in [5, 5.41) is 16.6. The number of β-amino-alcohol motifs (C(OH)–C–C–N with tert-alkyl or cyclic N) is 1. The quantitative estimate of drug-likeness (QED) is 0.499. The van der Waals surface area contributed by atoms with Gasteiger partial charge in [0.25, 0.3) is 5.91 Å². The zero-order chi connectivity index (χ0) is 29.6. The summed E-state index contributed by atoms with van der Waals surface area (Å²) < 4.78 is 5.40. The van der Waals surface area contributed by atoms with Crippen LogP contribution < -0.4 is 10.6 Å². The van der Waals surface area contributed by atoms with E-state index in [1.54, 1.807) is 44.5 Å². The van der Waals surface area contributed by atoms with Gasteiger partial charge in [0.1, 0.15) is 23.0 Å². The molecule has 1 saturated heterocycles. The summed E-state index contributed by atoms with van der Waals surface area (Å²) in [6.07, 6.45) is -1.29. The third-order valence-corrected chi connectivity index (χ3v) is 8.13. The molecule has 2 aliphatic heterocycles. The first-order valence-electron chi connectivity index (χ1n) is 13.4. The predicted molar refractivity (Wildman–Crippen MR) is 154 cm³/mol. The van der Waals surface area contributed by atoms with Gasteiger partial charge in [-0.05, 0) is 51.2 Å². The van der Waals surface area contributed by atoms with E-state index in [-0.39, 0.29) is 24.8 Å². The number of nitrogens with one attached hydrogen (secondary N) is 2. The number of aromatic nitrogens is 1. The Morgan fingerprint density at radius 2 is 1.85 bits per heavy atom. The minimum Gasteiger partial charge on any atom is -0.444 e. The molecule has 3 heterocycles. The fourth-order valence-corrected chi connectivity index (χ4v) is 5.81. The summed E-state index contributed by atoms with van der Waals surface area (Å²) in [7, 11) is 0. The maximum absolute atomic E-state index is 13.9. The molecule has 1 aromatic heterocycles. The molecule has 2 aromatic rings. The lowest BCUT2D eigenvalue weighted by molar-refractivity contribution is -0.136. The zero-order valence-corrected chi connectivity index (χ0v) is 25.2.